The van der Waals surface area contributed by atoms with Crippen LogP contribution in [0.3, 0.4) is 0 Å². The molecule has 72 heavy (non-hydrogen) atoms. The molecule has 0 spiro atoms. The second-order valence-corrected chi connectivity index (χ2v) is 21.5. The van der Waals surface area contributed by atoms with Crippen molar-refractivity contribution in [2.45, 2.75) is 122 Å². The van der Waals surface area contributed by atoms with Gasteiger partial charge in [0, 0.05) is 37.1 Å². The Hall–Kier alpha value is -3.60. The van der Waals surface area contributed by atoms with E-state index < -0.39 is 84.6 Å². The number of quaternary nitrogens is 3. The zero-order valence-corrected chi connectivity index (χ0v) is 45.1. The number of nitrogens with two attached hydrogens (primary N) is 1. The molecule has 2 amide bonds. The van der Waals surface area contributed by atoms with Gasteiger partial charge in [-0.25, -0.2) is 19.3 Å². The Bertz CT molecular complexity index is 2230. The zero-order chi connectivity index (χ0) is 51.1. The molecule has 3 unspecified atom stereocenters. The predicted octanol–water partition coefficient (Wildman–Crippen LogP) is 4.04. The number of hydrogen-bond donors (Lipinski definition) is 9. The summed E-state index contributed by atoms with van der Waals surface area (Å²) in [5, 5.41) is 26.4. The number of phosphoric ester groups is 3. The van der Waals surface area contributed by atoms with Gasteiger partial charge in [-0.15, -0.1) is 0 Å². The molecule has 31 heteroatoms. The lowest BCUT2D eigenvalue weighted by molar-refractivity contribution is -0.247. The van der Waals surface area contributed by atoms with Crippen molar-refractivity contribution in [1.82, 2.24) is 48.6 Å². The van der Waals surface area contributed by atoms with Crippen LogP contribution in [0.5, 0.6) is 0 Å². The lowest BCUT2D eigenvalue weighted by Gasteiger charge is -2.35. The van der Waals surface area contributed by atoms with Gasteiger partial charge < -0.3 is 82.9 Å². The van der Waals surface area contributed by atoms with Gasteiger partial charge in [-0.3, -0.25) is 32.6 Å². The molecule has 1 aliphatic heterocycles. The van der Waals surface area contributed by atoms with E-state index in [0.29, 0.717) is 18.6 Å². The van der Waals surface area contributed by atoms with E-state index in [2.05, 4.69) is 99.0 Å². The van der Waals surface area contributed by atoms with Crippen molar-refractivity contribution in [3.05, 3.63) is 61.3 Å². The number of allylic oxidation sites excluding steroid dienone is 8. The third-order valence-electron chi connectivity index (χ3n) is 9.95. The standard InChI is InChI=1S/C41H66N7O17P3S.3H3N/c1-4-5-6-7-8-9-10-11-12-13-14-15-16-17-18-19-20-21-32(50)69-25-24-43-31(49)22-23-44-39(53)36(52)41(2,3)27-62-68(59,60)65-67(57,58)61-26-30-35(64-66(54,55)56)34(51)40(63-30)48-29-47-33-37(42)45-28-46-38(33)48;;;/h8-9,11-12,14-15,17-18,28-30,34-36,40,51-52H,4-7,10,13,16,19-27H2,1-3H3,(H,43,49)(H,44,53)(H,57,58)(H,59,60)(H2,42,45,46)(H2,54,55,56);3*1H3/b9-8-,12-11-,15-14-,18-17-;;;/t30-,34-,35-,36+,40-;;;/m1.../s1. The number of anilines is 1. The molecule has 0 saturated carbocycles. The minimum atomic E-state index is -5.91. The van der Waals surface area contributed by atoms with E-state index in [1.54, 1.807) is 0 Å². The predicted molar refractivity (Wildman–Crippen MR) is 267 cm³/mol. The molecular formula is C41H75N10O17P3S. The number of amides is 2. The van der Waals surface area contributed by atoms with E-state index in [1.807, 2.05) is 0 Å². The maximum Gasteiger partial charge on any atom is 0.274 e. The molecule has 19 N–H and O–H groups in total. The summed E-state index contributed by atoms with van der Waals surface area (Å²) in [5.41, 5.74) is 4.12. The number of thioether (sulfide) groups is 1. The van der Waals surface area contributed by atoms with Crippen LogP contribution >= 0.6 is 35.2 Å². The highest BCUT2D eigenvalue weighted by molar-refractivity contribution is 8.13. The Morgan fingerprint density at radius 1 is 0.889 bits per heavy atom. The number of aliphatic hydroxyl groups is 2. The fourth-order valence-electron chi connectivity index (χ4n) is 6.27. The quantitative estimate of drug-likeness (QED) is 0.0276. The molecular weight excluding hydrogens is 1030 g/mol. The number of carbonyl (C=O) groups excluding carboxylic acids is 3. The lowest BCUT2D eigenvalue weighted by atomic mass is 9.87. The van der Waals surface area contributed by atoms with Crippen molar-refractivity contribution < 1.29 is 80.5 Å². The number of nitrogens with zero attached hydrogens (tertiary/aromatic N) is 4. The van der Waals surface area contributed by atoms with Gasteiger partial charge in [0.15, 0.2) is 22.8 Å². The van der Waals surface area contributed by atoms with Crippen LogP contribution in [0.25, 0.3) is 11.2 Å². The fraction of sp³-hybridized carbons (Fsp3) is 0.610. The van der Waals surface area contributed by atoms with Gasteiger partial charge in [0.25, 0.3) is 23.5 Å². The van der Waals surface area contributed by atoms with Gasteiger partial charge >= 0.3 is 0 Å². The first-order valence-electron chi connectivity index (χ1n) is 22.1. The van der Waals surface area contributed by atoms with Crippen molar-refractivity contribution in [2.75, 3.05) is 37.8 Å². The van der Waals surface area contributed by atoms with Crippen molar-refractivity contribution in [2.24, 2.45) is 5.41 Å². The van der Waals surface area contributed by atoms with Crippen molar-refractivity contribution in [3.63, 3.8) is 0 Å². The molecule has 1 fully saturated rings. The summed E-state index contributed by atoms with van der Waals surface area (Å²) in [7, 11) is -17.3. The molecule has 412 valence electrons. The number of aliphatic hydroxyl groups excluding tert-OH is 2. The molecule has 0 radical (unpaired) electrons. The molecule has 8 atom stereocenters. The minimum absolute atomic E-state index is 0. The molecule has 2 aromatic rings. The number of imidazole rings is 1. The molecule has 0 bridgehead atoms. The van der Waals surface area contributed by atoms with E-state index >= 15 is 0 Å². The van der Waals surface area contributed by atoms with Gasteiger partial charge in [-0.05, 0) is 44.9 Å². The van der Waals surface area contributed by atoms with Crippen molar-refractivity contribution in [1.29, 1.82) is 0 Å². The average molecular weight is 1110 g/mol. The van der Waals surface area contributed by atoms with Crippen LogP contribution < -0.4 is 49.5 Å². The number of rotatable bonds is 33. The average Bonchev–Trinajstić information content (AvgIpc) is 3.84. The number of aromatic nitrogens is 4. The molecule has 0 aliphatic carbocycles. The van der Waals surface area contributed by atoms with Gasteiger partial charge in [0.1, 0.15) is 36.3 Å². The second-order valence-electron chi connectivity index (χ2n) is 16.2. The molecule has 1 saturated heterocycles. The minimum Gasteiger partial charge on any atom is -0.756 e. The van der Waals surface area contributed by atoms with Crippen LogP contribution in [0.2, 0.25) is 0 Å². The highest BCUT2D eigenvalue weighted by atomic mass is 32.2. The number of phosphoric acid groups is 3. The molecule has 1 aliphatic rings. The van der Waals surface area contributed by atoms with Crippen LogP contribution in [-0.2, 0) is 50.7 Å². The third-order valence-corrected chi connectivity index (χ3v) is 13.9. The second kappa shape index (κ2) is 34.1. The third kappa shape index (κ3) is 25.6. The van der Waals surface area contributed by atoms with Crippen LogP contribution in [-0.4, -0.2) is 108 Å². The Morgan fingerprint density at radius 3 is 2.10 bits per heavy atom. The Morgan fingerprint density at radius 2 is 1.49 bits per heavy atom. The first-order valence-corrected chi connectivity index (χ1v) is 27.6. The van der Waals surface area contributed by atoms with Crippen LogP contribution in [0, 0.1) is 5.41 Å². The summed E-state index contributed by atoms with van der Waals surface area (Å²) in [6.45, 7) is 2.36. The SMILES string of the molecule is CCCCC/C=C\C/C=C\C/C=C\C/C=C\CCCC(=O)SCCNC(=O)CCNC(=O)[C@H](O)C(C)(C)COP(=O)([O-])OP(=O)([O-])OC[C@H]1O[C@@H](n2cnc3c(N)ncnc32)[C@H](O)[C@@H]1OP(=O)([O-])O.[NH4+].[NH4+].[NH4+]. The first-order chi connectivity index (χ1) is 32.6. The lowest BCUT2D eigenvalue weighted by Crippen LogP contribution is -2.46. The number of hydrogen-bond acceptors (Lipinski definition) is 21. The highest BCUT2D eigenvalue weighted by Gasteiger charge is 2.48. The van der Waals surface area contributed by atoms with Gasteiger partial charge in [0.05, 0.1) is 19.5 Å². The van der Waals surface area contributed by atoms with E-state index in [0.717, 1.165) is 61.1 Å². The topological polar surface area (TPSA) is 482 Å². The smallest absolute Gasteiger partial charge is 0.274 e. The number of nitrogen functional groups attached to an aromatic ring is 1. The number of ether oxygens (including phenoxy) is 1. The van der Waals surface area contributed by atoms with E-state index in [-0.39, 0.29) is 60.1 Å². The van der Waals surface area contributed by atoms with Gasteiger partial charge in [-0.2, -0.15) is 0 Å². The normalized spacial score (nSPS) is 20.1. The van der Waals surface area contributed by atoms with Crippen molar-refractivity contribution in [3.8, 4) is 0 Å². The monoisotopic (exact) mass is 1100 g/mol. The van der Waals surface area contributed by atoms with Crippen LogP contribution in [0.15, 0.2) is 61.3 Å². The molecule has 27 nitrogen and oxygen atoms in total. The number of nitrogens with one attached hydrogen (secondary N) is 2. The molecule has 2 aromatic heterocycles. The Labute approximate surface area is 423 Å². The zero-order valence-electron chi connectivity index (χ0n) is 41.6. The molecule has 3 heterocycles. The van der Waals surface area contributed by atoms with Gasteiger partial charge in [-0.1, -0.05) is 94.0 Å². The number of fused-ring (bicyclic) bond motifs is 1. The molecule has 3 rings (SSSR count). The van der Waals surface area contributed by atoms with Crippen LogP contribution in [0.4, 0.5) is 5.82 Å². The maximum absolute atomic E-state index is 12.6. The van der Waals surface area contributed by atoms with Crippen molar-refractivity contribution >= 4 is 69.1 Å². The van der Waals surface area contributed by atoms with E-state index in [1.165, 1.54) is 33.1 Å². The summed E-state index contributed by atoms with van der Waals surface area (Å²) >= 11 is 1.10. The summed E-state index contributed by atoms with van der Waals surface area (Å²) < 4.78 is 61.1. The Balaban J connectivity index is 0.0000168. The van der Waals surface area contributed by atoms with E-state index in [4.69, 9.17) is 10.5 Å². The fourth-order valence-corrected chi connectivity index (χ4v) is 9.74. The Kier molecular flexibility index (Phi) is 32.4. The molecule has 0 aromatic carbocycles. The number of carbonyl (C=O) groups is 3. The maximum atomic E-state index is 12.6. The highest BCUT2D eigenvalue weighted by Crippen LogP contribution is 2.56. The largest absolute Gasteiger partial charge is 0.756 e. The summed E-state index contributed by atoms with van der Waals surface area (Å²) in [6.07, 6.45) is 19.2. The van der Waals surface area contributed by atoms with E-state index in [9.17, 15) is 57.9 Å². The summed E-state index contributed by atoms with van der Waals surface area (Å²) in [5.74, 6) is -1.18. The van der Waals surface area contributed by atoms with Crippen LogP contribution in [0.1, 0.15) is 97.6 Å². The summed E-state index contributed by atoms with van der Waals surface area (Å²) in [4.78, 5) is 94.8. The van der Waals surface area contributed by atoms with Gasteiger partial charge in [0.2, 0.25) is 11.8 Å². The first kappa shape index (κ1) is 68.4. The summed E-state index contributed by atoms with van der Waals surface area (Å²) in [6, 6.07) is 0. The number of unbranched alkanes of at least 4 members (excludes halogenated alkanes) is 4.